The van der Waals surface area contributed by atoms with Crippen molar-refractivity contribution < 1.29 is 0 Å². The van der Waals surface area contributed by atoms with Gasteiger partial charge >= 0.3 is 0 Å². The molecule has 0 aromatic rings. The van der Waals surface area contributed by atoms with Crippen LogP contribution in [0.15, 0.2) is 23.3 Å². The number of rotatable bonds is 4. The Kier molecular flexibility index (Phi) is 5.79. The maximum atomic E-state index is 2.27. The first kappa shape index (κ1) is 11.5. The highest BCUT2D eigenvalue weighted by Gasteiger charge is 1.97. The second-order valence-electron chi connectivity index (χ2n) is 3.71. The Morgan fingerprint density at radius 1 is 1.25 bits per heavy atom. The molecule has 70 valence electrons. The average molecular weight is 166 g/mol. The molecule has 0 fully saturated rings. The van der Waals surface area contributed by atoms with E-state index in [-0.39, 0.29) is 0 Å². The molecule has 0 atom stereocenters. The van der Waals surface area contributed by atoms with E-state index in [0.717, 1.165) is 0 Å². The van der Waals surface area contributed by atoms with Crippen LogP contribution in [0.5, 0.6) is 0 Å². The average Bonchev–Trinajstić information content (AvgIpc) is 2.03. The Labute approximate surface area is 77.4 Å². The van der Waals surface area contributed by atoms with Gasteiger partial charge in [0, 0.05) is 0 Å². The molecule has 0 aliphatic rings. The van der Waals surface area contributed by atoms with Gasteiger partial charge < -0.3 is 0 Å². The van der Waals surface area contributed by atoms with E-state index in [2.05, 4.69) is 46.8 Å². The van der Waals surface area contributed by atoms with E-state index in [1.165, 1.54) is 24.0 Å². The third-order valence-electron chi connectivity index (χ3n) is 2.31. The van der Waals surface area contributed by atoms with Gasteiger partial charge in [-0.25, -0.2) is 0 Å². The zero-order valence-corrected chi connectivity index (χ0v) is 9.15. The van der Waals surface area contributed by atoms with Crippen LogP contribution in [0.3, 0.4) is 0 Å². The summed E-state index contributed by atoms with van der Waals surface area (Å²) in [5, 5.41) is 0. The first-order chi connectivity index (χ1) is 5.59. The smallest absolute Gasteiger partial charge is 0.0257 e. The lowest BCUT2D eigenvalue weighted by molar-refractivity contribution is 0.760. The first-order valence-corrected chi connectivity index (χ1v) is 4.93. The molecule has 0 aromatic carbocycles. The fourth-order valence-electron chi connectivity index (χ4n) is 1.01. The maximum Gasteiger partial charge on any atom is -0.0257 e. The van der Waals surface area contributed by atoms with Crippen molar-refractivity contribution >= 4 is 0 Å². The van der Waals surface area contributed by atoms with Gasteiger partial charge in [-0.2, -0.15) is 0 Å². The van der Waals surface area contributed by atoms with Gasteiger partial charge in [-0.15, -0.1) is 0 Å². The Balaban J connectivity index is 4.16. The van der Waals surface area contributed by atoms with E-state index in [0.29, 0.717) is 5.92 Å². The van der Waals surface area contributed by atoms with Gasteiger partial charge in [-0.3, -0.25) is 0 Å². The third-order valence-corrected chi connectivity index (χ3v) is 2.31. The van der Waals surface area contributed by atoms with Crippen LogP contribution < -0.4 is 0 Å². The van der Waals surface area contributed by atoms with Gasteiger partial charge in [0.1, 0.15) is 0 Å². The number of hydrogen-bond acceptors (Lipinski definition) is 0. The Bertz CT molecular complexity index is 170. The number of allylic oxidation sites excluding steroid dienone is 4. The van der Waals surface area contributed by atoms with E-state index in [4.69, 9.17) is 0 Å². The lowest BCUT2D eigenvalue weighted by atomic mass is 9.99. The fraction of sp³-hybridized carbons (Fsp3) is 0.667. The van der Waals surface area contributed by atoms with Gasteiger partial charge in [0.2, 0.25) is 0 Å². The van der Waals surface area contributed by atoms with Gasteiger partial charge in [-0.1, -0.05) is 50.5 Å². The SMILES string of the molecule is CCCC=CC(C)=C(C)C(C)C. The summed E-state index contributed by atoms with van der Waals surface area (Å²) in [7, 11) is 0. The molecule has 0 bridgehead atoms. The fourth-order valence-corrected chi connectivity index (χ4v) is 1.01. The molecule has 0 aromatic heterocycles. The second kappa shape index (κ2) is 6.05. The highest BCUT2D eigenvalue weighted by atomic mass is 14.0. The van der Waals surface area contributed by atoms with Gasteiger partial charge in [0.05, 0.1) is 0 Å². The zero-order chi connectivity index (χ0) is 9.56. The van der Waals surface area contributed by atoms with Crippen molar-refractivity contribution in [2.45, 2.75) is 47.5 Å². The zero-order valence-electron chi connectivity index (χ0n) is 9.15. The third kappa shape index (κ3) is 4.38. The highest BCUT2D eigenvalue weighted by Crippen LogP contribution is 2.14. The van der Waals surface area contributed by atoms with Gasteiger partial charge in [-0.05, 0) is 26.2 Å². The quantitative estimate of drug-likeness (QED) is 0.545. The molecule has 0 unspecified atom stereocenters. The van der Waals surface area contributed by atoms with Crippen molar-refractivity contribution in [1.82, 2.24) is 0 Å². The summed E-state index contributed by atoms with van der Waals surface area (Å²) >= 11 is 0. The van der Waals surface area contributed by atoms with Crippen LogP contribution in [-0.2, 0) is 0 Å². The molecular formula is C12H22. The monoisotopic (exact) mass is 166 g/mol. The largest absolute Gasteiger partial charge is 0.0843 e. The minimum atomic E-state index is 0.677. The normalized spacial score (nSPS) is 14.2. The maximum absolute atomic E-state index is 2.27. The van der Waals surface area contributed by atoms with E-state index in [9.17, 15) is 0 Å². The number of hydrogen-bond donors (Lipinski definition) is 0. The highest BCUT2D eigenvalue weighted by molar-refractivity contribution is 5.23. The van der Waals surface area contributed by atoms with Crippen molar-refractivity contribution in [2.24, 2.45) is 5.92 Å². The van der Waals surface area contributed by atoms with Crippen LogP contribution in [0.2, 0.25) is 0 Å². The molecule has 0 amide bonds. The molecule has 0 heterocycles. The van der Waals surface area contributed by atoms with Crippen molar-refractivity contribution in [2.75, 3.05) is 0 Å². The molecule has 0 N–H and O–H groups in total. The molecule has 0 saturated carbocycles. The van der Waals surface area contributed by atoms with Crippen LogP contribution in [-0.4, -0.2) is 0 Å². The minimum absolute atomic E-state index is 0.677. The molecule has 0 radical (unpaired) electrons. The Hall–Kier alpha value is -0.520. The molecule has 0 aliphatic heterocycles. The molecular weight excluding hydrogens is 144 g/mol. The second-order valence-corrected chi connectivity index (χ2v) is 3.71. The van der Waals surface area contributed by atoms with Gasteiger partial charge in [0.15, 0.2) is 0 Å². The van der Waals surface area contributed by atoms with Crippen LogP contribution in [0.25, 0.3) is 0 Å². The first-order valence-electron chi connectivity index (χ1n) is 4.93. The standard InChI is InChI=1S/C12H22/c1-6-7-8-9-11(4)12(5)10(2)3/h8-10H,6-7H2,1-5H3. The van der Waals surface area contributed by atoms with Crippen LogP contribution >= 0.6 is 0 Å². The molecule has 0 aliphatic carbocycles. The summed E-state index contributed by atoms with van der Waals surface area (Å²) in [6.45, 7) is 11.1. The summed E-state index contributed by atoms with van der Waals surface area (Å²) in [4.78, 5) is 0. The summed E-state index contributed by atoms with van der Waals surface area (Å²) < 4.78 is 0. The summed E-state index contributed by atoms with van der Waals surface area (Å²) in [6.07, 6.45) is 6.95. The molecule has 0 rings (SSSR count). The predicted octanol–water partition coefficient (Wildman–Crippen LogP) is 4.34. The molecule has 0 spiro atoms. The van der Waals surface area contributed by atoms with E-state index < -0.39 is 0 Å². The van der Waals surface area contributed by atoms with E-state index in [1.54, 1.807) is 0 Å². The van der Waals surface area contributed by atoms with Gasteiger partial charge in [0.25, 0.3) is 0 Å². The van der Waals surface area contributed by atoms with Crippen molar-refractivity contribution in [3.63, 3.8) is 0 Å². The lowest BCUT2D eigenvalue weighted by Gasteiger charge is -2.07. The van der Waals surface area contributed by atoms with Crippen molar-refractivity contribution in [3.8, 4) is 0 Å². The summed E-state index contributed by atoms with van der Waals surface area (Å²) in [5.74, 6) is 0.677. The topological polar surface area (TPSA) is 0 Å². The van der Waals surface area contributed by atoms with Crippen molar-refractivity contribution in [3.05, 3.63) is 23.3 Å². The minimum Gasteiger partial charge on any atom is -0.0843 e. The number of unbranched alkanes of at least 4 members (excludes halogenated alkanes) is 1. The molecule has 0 saturated heterocycles. The summed E-state index contributed by atoms with van der Waals surface area (Å²) in [5.41, 5.74) is 2.93. The molecule has 12 heavy (non-hydrogen) atoms. The van der Waals surface area contributed by atoms with Crippen LogP contribution in [0.1, 0.15) is 47.5 Å². The molecule has 0 nitrogen and oxygen atoms in total. The van der Waals surface area contributed by atoms with Crippen molar-refractivity contribution in [1.29, 1.82) is 0 Å². The van der Waals surface area contributed by atoms with Crippen LogP contribution in [0, 0.1) is 5.92 Å². The van der Waals surface area contributed by atoms with Crippen LogP contribution in [0.4, 0.5) is 0 Å². The Morgan fingerprint density at radius 2 is 1.83 bits per heavy atom. The van der Waals surface area contributed by atoms with E-state index >= 15 is 0 Å². The van der Waals surface area contributed by atoms with E-state index in [1.807, 2.05) is 0 Å². The predicted molar refractivity (Wildman–Crippen MR) is 57.3 cm³/mol. The Morgan fingerprint density at radius 3 is 2.25 bits per heavy atom. The lowest BCUT2D eigenvalue weighted by Crippen LogP contribution is -1.91. The summed E-state index contributed by atoms with van der Waals surface area (Å²) in [6, 6.07) is 0. The molecule has 0 heteroatoms.